The van der Waals surface area contributed by atoms with Crippen LogP contribution in [0.2, 0.25) is 5.02 Å². The molecular formula is C18H16BrClN4O. The van der Waals surface area contributed by atoms with E-state index in [2.05, 4.69) is 31.7 Å². The average Bonchev–Trinajstić information content (AvgIpc) is 2.90. The number of aryl methyl sites for hydroxylation is 2. The van der Waals surface area contributed by atoms with E-state index in [9.17, 15) is 4.79 Å². The summed E-state index contributed by atoms with van der Waals surface area (Å²) in [6, 6.07) is 12.7. The Bertz CT molecular complexity index is 902. The van der Waals surface area contributed by atoms with Crippen LogP contribution in [0.3, 0.4) is 0 Å². The molecule has 7 heteroatoms. The molecule has 0 saturated carbocycles. The maximum atomic E-state index is 12.2. The highest BCUT2D eigenvalue weighted by Gasteiger charge is 2.13. The Morgan fingerprint density at radius 2 is 1.76 bits per heavy atom. The second-order valence-corrected chi connectivity index (χ2v) is 6.90. The maximum absolute atomic E-state index is 12.2. The van der Waals surface area contributed by atoms with Crippen LogP contribution in [0.4, 0.5) is 16.2 Å². The highest BCUT2D eigenvalue weighted by Crippen LogP contribution is 2.31. The molecule has 2 amide bonds. The first-order valence-corrected chi connectivity index (χ1v) is 8.73. The predicted octanol–water partition coefficient (Wildman–Crippen LogP) is 5.46. The summed E-state index contributed by atoms with van der Waals surface area (Å²) in [6.45, 7) is 1.99. The third-order valence-electron chi connectivity index (χ3n) is 3.75. The van der Waals surface area contributed by atoms with E-state index in [0.29, 0.717) is 16.4 Å². The van der Waals surface area contributed by atoms with Gasteiger partial charge >= 0.3 is 6.03 Å². The van der Waals surface area contributed by atoms with Gasteiger partial charge in [0.2, 0.25) is 0 Å². The largest absolute Gasteiger partial charge is 0.323 e. The molecule has 0 atom stereocenters. The average molecular weight is 420 g/mol. The number of benzene rings is 2. The van der Waals surface area contributed by atoms with Crippen LogP contribution in [0.25, 0.3) is 11.3 Å². The number of carbonyl (C=O) groups excluding carboxylic acids is 1. The SMILES string of the molecule is Cc1ccc(NC(=O)Nc2ccc(Br)cc2)cc1-c1c(Cl)cnn1C. The Hall–Kier alpha value is -2.31. The Morgan fingerprint density at radius 1 is 1.12 bits per heavy atom. The minimum atomic E-state index is -0.312. The fourth-order valence-electron chi connectivity index (χ4n) is 2.50. The number of nitrogens with one attached hydrogen (secondary N) is 2. The van der Waals surface area contributed by atoms with Crippen LogP contribution >= 0.6 is 27.5 Å². The highest BCUT2D eigenvalue weighted by atomic mass is 79.9. The molecule has 0 saturated heterocycles. The lowest BCUT2D eigenvalue weighted by Crippen LogP contribution is -2.19. The van der Waals surface area contributed by atoms with Gasteiger partial charge in [-0.3, -0.25) is 4.68 Å². The van der Waals surface area contributed by atoms with Crippen LogP contribution in [0.1, 0.15) is 5.56 Å². The molecule has 1 aromatic heterocycles. The number of anilines is 2. The smallest absolute Gasteiger partial charge is 0.308 e. The van der Waals surface area contributed by atoms with E-state index in [0.717, 1.165) is 21.3 Å². The first-order chi connectivity index (χ1) is 11.9. The van der Waals surface area contributed by atoms with E-state index in [4.69, 9.17) is 11.6 Å². The second kappa shape index (κ2) is 7.29. The molecule has 2 aromatic carbocycles. The molecule has 0 unspecified atom stereocenters. The number of carbonyl (C=O) groups is 1. The van der Waals surface area contributed by atoms with Gasteiger partial charge in [0, 0.05) is 28.5 Å². The summed E-state index contributed by atoms with van der Waals surface area (Å²) in [5.74, 6) is 0. The monoisotopic (exact) mass is 418 g/mol. The molecule has 25 heavy (non-hydrogen) atoms. The van der Waals surface area contributed by atoms with Crippen molar-refractivity contribution in [2.24, 2.45) is 7.05 Å². The molecule has 0 radical (unpaired) electrons. The van der Waals surface area contributed by atoms with Crippen molar-refractivity contribution in [3.8, 4) is 11.3 Å². The molecule has 3 aromatic rings. The van der Waals surface area contributed by atoms with Crippen LogP contribution < -0.4 is 10.6 Å². The topological polar surface area (TPSA) is 59.0 Å². The molecule has 0 fully saturated rings. The number of rotatable bonds is 3. The Morgan fingerprint density at radius 3 is 2.40 bits per heavy atom. The van der Waals surface area contributed by atoms with Gasteiger partial charge in [0.25, 0.3) is 0 Å². The summed E-state index contributed by atoms with van der Waals surface area (Å²) in [4.78, 5) is 12.2. The zero-order valence-corrected chi connectivity index (χ0v) is 16.0. The molecule has 128 valence electrons. The van der Waals surface area contributed by atoms with Gasteiger partial charge in [-0.05, 0) is 48.9 Å². The molecule has 2 N–H and O–H groups in total. The minimum absolute atomic E-state index is 0.312. The van der Waals surface area contributed by atoms with Gasteiger partial charge < -0.3 is 10.6 Å². The van der Waals surface area contributed by atoms with Crippen molar-refractivity contribution in [2.45, 2.75) is 6.92 Å². The Kier molecular flexibility index (Phi) is 5.11. The van der Waals surface area contributed by atoms with Crippen LogP contribution in [0.5, 0.6) is 0 Å². The number of urea groups is 1. The van der Waals surface area contributed by atoms with Crippen molar-refractivity contribution in [3.05, 3.63) is 63.7 Å². The van der Waals surface area contributed by atoms with Crippen LogP contribution in [0.15, 0.2) is 53.1 Å². The fraction of sp³-hybridized carbons (Fsp3) is 0.111. The summed E-state index contributed by atoms with van der Waals surface area (Å²) in [7, 11) is 1.83. The van der Waals surface area contributed by atoms with Gasteiger partial charge in [-0.15, -0.1) is 0 Å². The van der Waals surface area contributed by atoms with Crippen molar-refractivity contribution in [2.75, 3.05) is 10.6 Å². The predicted molar refractivity (Wildman–Crippen MR) is 105 cm³/mol. The number of halogens is 2. The third kappa shape index (κ3) is 4.03. The molecule has 0 aliphatic carbocycles. The van der Waals surface area contributed by atoms with Gasteiger partial charge in [0.05, 0.1) is 16.9 Å². The lowest BCUT2D eigenvalue weighted by atomic mass is 10.0. The van der Waals surface area contributed by atoms with E-state index in [1.165, 1.54) is 0 Å². The van der Waals surface area contributed by atoms with Gasteiger partial charge in [-0.1, -0.05) is 33.6 Å². The summed E-state index contributed by atoms with van der Waals surface area (Å²) < 4.78 is 2.67. The normalized spacial score (nSPS) is 10.6. The Labute approximate surface area is 159 Å². The van der Waals surface area contributed by atoms with Crippen molar-refractivity contribution < 1.29 is 4.79 Å². The van der Waals surface area contributed by atoms with Crippen molar-refractivity contribution in [3.63, 3.8) is 0 Å². The molecule has 0 bridgehead atoms. The maximum Gasteiger partial charge on any atom is 0.323 e. The molecule has 0 aliphatic heterocycles. The molecule has 0 spiro atoms. The molecule has 0 aliphatic rings. The van der Waals surface area contributed by atoms with Crippen molar-refractivity contribution in [1.82, 2.24) is 9.78 Å². The van der Waals surface area contributed by atoms with Crippen LogP contribution in [-0.4, -0.2) is 15.8 Å². The molecular weight excluding hydrogens is 404 g/mol. The van der Waals surface area contributed by atoms with Gasteiger partial charge in [-0.25, -0.2) is 4.79 Å². The highest BCUT2D eigenvalue weighted by molar-refractivity contribution is 9.10. The lowest BCUT2D eigenvalue weighted by molar-refractivity contribution is 0.262. The number of hydrogen-bond acceptors (Lipinski definition) is 2. The van der Waals surface area contributed by atoms with Crippen molar-refractivity contribution >= 4 is 44.9 Å². The van der Waals surface area contributed by atoms with E-state index >= 15 is 0 Å². The zero-order valence-electron chi connectivity index (χ0n) is 13.7. The van der Waals surface area contributed by atoms with E-state index in [1.54, 1.807) is 10.9 Å². The van der Waals surface area contributed by atoms with Crippen molar-refractivity contribution in [1.29, 1.82) is 0 Å². The summed E-state index contributed by atoms with van der Waals surface area (Å²) in [6.07, 6.45) is 1.61. The van der Waals surface area contributed by atoms with Crippen LogP contribution in [0, 0.1) is 6.92 Å². The number of nitrogens with zero attached hydrogens (tertiary/aromatic N) is 2. The third-order valence-corrected chi connectivity index (χ3v) is 4.55. The van der Waals surface area contributed by atoms with Gasteiger partial charge in [-0.2, -0.15) is 5.10 Å². The molecule has 1 heterocycles. The summed E-state index contributed by atoms with van der Waals surface area (Å²) in [5.41, 5.74) is 4.17. The number of amides is 2. The van der Waals surface area contributed by atoms with Crippen LogP contribution in [-0.2, 0) is 7.05 Å². The lowest BCUT2D eigenvalue weighted by Gasteiger charge is -2.12. The summed E-state index contributed by atoms with van der Waals surface area (Å²) >= 11 is 9.61. The molecule has 3 rings (SSSR count). The van der Waals surface area contributed by atoms with E-state index < -0.39 is 0 Å². The Balaban J connectivity index is 1.80. The van der Waals surface area contributed by atoms with Gasteiger partial charge in [0.1, 0.15) is 0 Å². The first kappa shape index (κ1) is 17.5. The second-order valence-electron chi connectivity index (χ2n) is 5.58. The number of hydrogen-bond donors (Lipinski definition) is 2. The minimum Gasteiger partial charge on any atom is -0.308 e. The standard InChI is InChI=1S/C18H16BrClN4O/c1-11-3-6-14(9-15(11)17-16(20)10-21-24(17)2)23-18(25)22-13-7-4-12(19)5-8-13/h3-10H,1-2H3,(H2,22,23,25). The summed E-state index contributed by atoms with van der Waals surface area (Å²) in [5, 5.41) is 10.4. The quantitative estimate of drug-likeness (QED) is 0.592. The number of aromatic nitrogens is 2. The van der Waals surface area contributed by atoms with E-state index in [1.807, 2.05) is 56.4 Å². The van der Waals surface area contributed by atoms with E-state index in [-0.39, 0.29) is 6.03 Å². The fourth-order valence-corrected chi connectivity index (χ4v) is 3.03. The van der Waals surface area contributed by atoms with Gasteiger partial charge in [0.15, 0.2) is 0 Å². The zero-order chi connectivity index (χ0) is 18.0. The first-order valence-electron chi connectivity index (χ1n) is 7.56. The molecule has 5 nitrogen and oxygen atoms in total.